The van der Waals surface area contributed by atoms with Crippen molar-refractivity contribution in [3.63, 3.8) is 0 Å². The van der Waals surface area contributed by atoms with Crippen molar-refractivity contribution in [2.24, 2.45) is 9.98 Å². The third kappa shape index (κ3) is 5.85. The summed E-state index contributed by atoms with van der Waals surface area (Å²) < 4.78 is 13.7. The van der Waals surface area contributed by atoms with E-state index in [-0.39, 0.29) is 5.84 Å². The highest BCUT2D eigenvalue weighted by molar-refractivity contribution is 7.26. The van der Waals surface area contributed by atoms with Gasteiger partial charge in [-0.1, -0.05) is 127 Å². The minimum atomic E-state index is 0.212. The lowest BCUT2D eigenvalue weighted by Crippen LogP contribution is -2.06. The fraction of sp³-hybridized carbons (Fsp3) is 0.0351. The van der Waals surface area contributed by atoms with Crippen molar-refractivity contribution < 1.29 is 4.42 Å². The van der Waals surface area contributed by atoms with Crippen molar-refractivity contribution in [2.75, 3.05) is 0 Å². The first-order valence-corrected chi connectivity index (χ1v) is 23.2. The van der Waals surface area contributed by atoms with Crippen LogP contribution < -0.4 is 0 Å². The molecule has 64 heavy (non-hydrogen) atoms. The van der Waals surface area contributed by atoms with E-state index in [1.54, 1.807) is 22.7 Å². The molecule has 0 saturated carbocycles. The second-order valence-electron chi connectivity index (χ2n) is 16.3. The van der Waals surface area contributed by atoms with E-state index < -0.39 is 0 Å². The van der Waals surface area contributed by atoms with E-state index in [2.05, 4.69) is 181 Å². The van der Waals surface area contributed by atoms with Crippen LogP contribution in [-0.2, 0) is 0 Å². The van der Waals surface area contributed by atoms with Crippen LogP contribution in [0.3, 0.4) is 0 Å². The number of para-hydroxylation sites is 2. The highest BCUT2D eigenvalue weighted by Gasteiger charge is 2.20. The first-order chi connectivity index (χ1) is 31.6. The summed E-state index contributed by atoms with van der Waals surface area (Å²) in [5.74, 6) is 0.731. The van der Waals surface area contributed by atoms with Crippen LogP contribution >= 0.6 is 22.7 Å². The molecule has 0 unspecified atom stereocenters. The summed E-state index contributed by atoms with van der Waals surface area (Å²) in [6, 6.07) is 58.3. The smallest absolute Gasteiger partial charge is 0.162 e. The van der Waals surface area contributed by atoms with Crippen molar-refractivity contribution in [1.82, 2.24) is 4.57 Å². The highest BCUT2D eigenvalue weighted by Crippen LogP contribution is 2.43. The van der Waals surface area contributed by atoms with E-state index in [1.807, 2.05) is 12.3 Å². The lowest BCUT2D eigenvalue weighted by atomic mass is 9.97. The maximum atomic E-state index is 9.16. The van der Waals surface area contributed by atoms with Gasteiger partial charge in [0.25, 0.3) is 0 Å². The molecule has 0 amide bonds. The largest absolute Gasteiger partial charge is 0.456 e. The molecule has 0 aliphatic heterocycles. The third-order valence-corrected chi connectivity index (χ3v) is 15.0. The topological polar surface area (TPSA) is 66.6 Å². The Labute approximate surface area is 375 Å². The first kappa shape index (κ1) is 36.9. The van der Waals surface area contributed by atoms with Gasteiger partial charge in [0.2, 0.25) is 0 Å². The van der Waals surface area contributed by atoms with Crippen LogP contribution in [0.2, 0.25) is 0 Å². The molecule has 0 fully saturated rings. The zero-order valence-electron chi connectivity index (χ0n) is 34.4. The fourth-order valence-corrected chi connectivity index (χ4v) is 12.0. The number of aliphatic imine (C=N–C) groups is 2. The monoisotopic (exact) mass is 856 g/mol. The van der Waals surface area contributed by atoms with Gasteiger partial charge in [-0.2, -0.15) is 0 Å². The quantitative estimate of drug-likeness (QED) is 0.136. The lowest BCUT2D eigenvalue weighted by Gasteiger charge is -2.09. The number of benzene rings is 8. The second-order valence-corrected chi connectivity index (χ2v) is 18.5. The summed E-state index contributed by atoms with van der Waals surface area (Å²) in [5, 5.41) is 18.5. The van der Waals surface area contributed by atoms with Gasteiger partial charge < -0.3 is 8.98 Å². The molecule has 4 aromatic heterocycles. The normalized spacial score (nSPS) is 13.6. The Balaban J connectivity index is 0.951. The van der Waals surface area contributed by atoms with Crippen molar-refractivity contribution in [3.05, 3.63) is 199 Å². The molecule has 0 saturated heterocycles. The number of nitrogens with one attached hydrogen (secondary N) is 1. The number of hydrogen-bond donors (Lipinski definition) is 1. The molecule has 0 radical (unpaired) electrons. The number of hydrogen-bond acceptors (Lipinski definition) is 4. The summed E-state index contributed by atoms with van der Waals surface area (Å²) in [7, 11) is 0. The maximum absolute atomic E-state index is 9.16. The Hall–Kier alpha value is -7.71. The van der Waals surface area contributed by atoms with Crippen molar-refractivity contribution in [1.29, 1.82) is 5.41 Å². The SMILES string of the molecule is N=C(/N=C(\N=C\c1cccc2c1sc1ccccc12)c1cccc2sc3cc(-c4cccc5oc6ccc(-n7c8ccccc8c8ccccc87)cc6c45)ccc3c12)C1=CCCC=C1. The molecule has 4 heterocycles. The Morgan fingerprint density at radius 2 is 1.36 bits per heavy atom. The molecule has 1 N–H and O–H groups in total. The molecule has 0 spiro atoms. The van der Waals surface area contributed by atoms with E-state index in [9.17, 15) is 0 Å². The zero-order valence-corrected chi connectivity index (χ0v) is 36.0. The molecule has 1 aliphatic carbocycles. The Morgan fingerprint density at radius 1 is 0.594 bits per heavy atom. The van der Waals surface area contributed by atoms with Gasteiger partial charge in [0.15, 0.2) is 11.7 Å². The standard InChI is InChI=1S/C57H36N4OS2/c58-56(34-13-2-1-3-14-34)60-57(59-33-36-15-10-20-42-41-18-6-9-25-50(41)64-55(36)42)44-21-12-26-51-54(44)43-29-27-35(31-52(43)63-51)38-19-11-24-49-53(38)45-32-37(28-30-48(45)62-49)61-46-22-7-4-16-39(46)40-17-5-8-23-47(40)61/h2,4-33,58H,1,3H2/b58-56?,59-33+,60-57-. The van der Waals surface area contributed by atoms with Gasteiger partial charge in [0.1, 0.15) is 11.2 Å². The van der Waals surface area contributed by atoms with Crippen LogP contribution in [0, 0.1) is 5.41 Å². The van der Waals surface area contributed by atoms with Crippen LogP contribution in [0.5, 0.6) is 0 Å². The van der Waals surface area contributed by atoms with Crippen LogP contribution in [0.1, 0.15) is 24.0 Å². The van der Waals surface area contributed by atoms with E-state index in [1.165, 1.54) is 46.7 Å². The molecule has 12 aromatic rings. The molecule has 5 nitrogen and oxygen atoms in total. The number of allylic oxidation sites excluding steroid dienone is 2. The highest BCUT2D eigenvalue weighted by atomic mass is 32.1. The molecule has 13 rings (SSSR count). The van der Waals surface area contributed by atoms with Gasteiger partial charge in [0.05, 0.1) is 11.0 Å². The van der Waals surface area contributed by atoms with Gasteiger partial charge in [-0.15, -0.1) is 22.7 Å². The molecule has 1 aliphatic rings. The number of amidine groups is 2. The zero-order chi connectivity index (χ0) is 42.3. The van der Waals surface area contributed by atoms with E-state index in [0.717, 1.165) is 83.8 Å². The fourth-order valence-electron chi connectivity index (χ4n) is 9.69. The number of rotatable bonds is 5. The molecular weight excluding hydrogens is 821 g/mol. The number of thiophene rings is 2. The van der Waals surface area contributed by atoms with Gasteiger partial charge in [-0.05, 0) is 78.6 Å². The Kier molecular flexibility index (Phi) is 8.48. The lowest BCUT2D eigenvalue weighted by molar-refractivity contribution is 0.669. The van der Waals surface area contributed by atoms with Gasteiger partial charge in [0, 0.05) is 90.5 Å². The summed E-state index contributed by atoms with van der Waals surface area (Å²) in [5.41, 5.74) is 10.2. The van der Waals surface area contributed by atoms with E-state index >= 15 is 0 Å². The second kappa shape index (κ2) is 14.7. The first-order valence-electron chi connectivity index (χ1n) is 21.5. The molecule has 8 aromatic carbocycles. The number of aromatic nitrogens is 1. The van der Waals surface area contributed by atoms with Gasteiger partial charge in [-0.25, -0.2) is 9.98 Å². The Bertz CT molecular complexity index is 4000. The predicted octanol–water partition coefficient (Wildman–Crippen LogP) is 16.2. The average Bonchev–Trinajstić information content (AvgIpc) is 4.12. The maximum Gasteiger partial charge on any atom is 0.162 e. The number of fused-ring (bicyclic) bond motifs is 12. The van der Waals surface area contributed by atoms with Gasteiger partial charge in [-0.3, -0.25) is 5.41 Å². The van der Waals surface area contributed by atoms with E-state index in [4.69, 9.17) is 19.8 Å². The Morgan fingerprint density at radius 3 is 2.20 bits per heavy atom. The summed E-state index contributed by atoms with van der Waals surface area (Å²) in [6.07, 6.45) is 10.0. The van der Waals surface area contributed by atoms with Crippen LogP contribution in [-0.4, -0.2) is 22.5 Å². The summed E-state index contributed by atoms with van der Waals surface area (Å²) in [6.45, 7) is 0. The summed E-state index contributed by atoms with van der Waals surface area (Å²) in [4.78, 5) is 10.2. The third-order valence-electron chi connectivity index (χ3n) is 12.6. The van der Waals surface area contributed by atoms with Crippen LogP contribution in [0.25, 0.3) is 101 Å². The number of nitrogens with zero attached hydrogens (tertiary/aromatic N) is 3. The van der Waals surface area contributed by atoms with Crippen molar-refractivity contribution >= 4 is 125 Å². The van der Waals surface area contributed by atoms with Crippen LogP contribution in [0.15, 0.2) is 202 Å². The van der Waals surface area contributed by atoms with Crippen LogP contribution in [0.4, 0.5) is 0 Å². The van der Waals surface area contributed by atoms with Crippen molar-refractivity contribution in [2.45, 2.75) is 12.8 Å². The minimum absolute atomic E-state index is 0.212. The summed E-state index contributed by atoms with van der Waals surface area (Å²) >= 11 is 3.56. The van der Waals surface area contributed by atoms with E-state index in [0.29, 0.717) is 5.84 Å². The minimum Gasteiger partial charge on any atom is -0.456 e. The molecule has 0 atom stereocenters. The molecule has 7 heteroatoms. The van der Waals surface area contributed by atoms with Gasteiger partial charge >= 0.3 is 0 Å². The number of furan rings is 1. The predicted molar refractivity (Wildman–Crippen MR) is 274 cm³/mol. The van der Waals surface area contributed by atoms with Crippen molar-refractivity contribution in [3.8, 4) is 16.8 Å². The average molecular weight is 857 g/mol. The molecule has 0 bridgehead atoms. The molecule has 302 valence electrons. The molecular formula is C57H36N4OS2.